The highest BCUT2D eigenvalue weighted by atomic mass is 32.1. The quantitative estimate of drug-likeness (QED) is 0.509. The van der Waals surface area contributed by atoms with Crippen LogP contribution >= 0.6 is 11.3 Å². The molecule has 1 aliphatic rings. The van der Waals surface area contributed by atoms with Gasteiger partial charge in [0.25, 0.3) is 11.5 Å². The molecule has 0 radical (unpaired) electrons. The van der Waals surface area contributed by atoms with Gasteiger partial charge in [-0.2, -0.15) is 13.2 Å². The molecule has 1 aromatic carbocycles. The summed E-state index contributed by atoms with van der Waals surface area (Å²) in [5.74, 6) is -0.521. The number of aromatic nitrogens is 3. The number of carbonyl (C=O) groups excluding carboxylic acids is 1. The van der Waals surface area contributed by atoms with Gasteiger partial charge in [0.1, 0.15) is 4.88 Å². The molecule has 1 aliphatic heterocycles. The van der Waals surface area contributed by atoms with E-state index in [1.54, 1.807) is 6.07 Å². The van der Waals surface area contributed by atoms with E-state index in [9.17, 15) is 22.8 Å². The lowest BCUT2D eigenvalue weighted by Crippen LogP contribution is -2.40. The van der Waals surface area contributed by atoms with Gasteiger partial charge >= 0.3 is 6.18 Å². The summed E-state index contributed by atoms with van der Waals surface area (Å²) in [6.45, 7) is 0.283. The van der Waals surface area contributed by atoms with Gasteiger partial charge in [-0.3, -0.25) is 14.7 Å². The zero-order valence-electron chi connectivity index (χ0n) is 15.9. The van der Waals surface area contributed by atoms with Crippen LogP contribution in [0.25, 0.3) is 16.9 Å². The molecule has 3 aromatic heterocycles. The van der Waals surface area contributed by atoms with E-state index in [-0.39, 0.29) is 23.5 Å². The molecule has 10 heteroatoms. The lowest BCUT2D eigenvalue weighted by atomic mass is 10.1. The number of fused-ring (bicyclic) bond motifs is 2. The Kier molecular flexibility index (Phi) is 4.47. The van der Waals surface area contributed by atoms with Crippen molar-refractivity contribution >= 4 is 22.9 Å². The third-order valence-electron chi connectivity index (χ3n) is 5.23. The summed E-state index contributed by atoms with van der Waals surface area (Å²) < 4.78 is 39.9. The predicted molar refractivity (Wildman–Crippen MR) is 109 cm³/mol. The van der Waals surface area contributed by atoms with Crippen LogP contribution < -0.4 is 5.56 Å². The SMILES string of the molecule is O=C(c1ccc(C(F)(F)F)s1)N1CCc2nc3cc(-c4ccccc4)[nH]n3c(=O)c2C1. The third-order valence-corrected chi connectivity index (χ3v) is 6.35. The van der Waals surface area contributed by atoms with E-state index in [0.717, 1.165) is 17.3 Å². The van der Waals surface area contributed by atoms with E-state index in [0.29, 0.717) is 34.7 Å². The molecule has 0 bridgehead atoms. The third kappa shape index (κ3) is 3.42. The summed E-state index contributed by atoms with van der Waals surface area (Å²) in [6, 6.07) is 13.4. The molecule has 5 rings (SSSR count). The van der Waals surface area contributed by atoms with Crippen LogP contribution in [0.5, 0.6) is 0 Å². The van der Waals surface area contributed by atoms with Crippen molar-refractivity contribution in [2.75, 3.05) is 6.54 Å². The van der Waals surface area contributed by atoms with Crippen LogP contribution in [0.2, 0.25) is 0 Å². The summed E-state index contributed by atoms with van der Waals surface area (Å²) in [7, 11) is 0. The number of hydrogen-bond donors (Lipinski definition) is 1. The van der Waals surface area contributed by atoms with E-state index < -0.39 is 17.0 Å². The van der Waals surface area contributed by atoms with Crippen molar-refractivity contribution in [2.45, 2.75) is 19.1 Å². The van der Waals surface area contributed by atoms with E-state index in [2.05, 4.69) is 10.1 Å². The Balaban J connectivity index is 1.47. The van der Waals surface area contributed by atoms with Gasteiger partial charge in [0.2, 0.25) is 0 Å². The van der Waals surface area contributed by atoms with Crippen LogP contribution in [-0.4, -0.2) is 31.9 Å². The molecule has 1 amide bonds. The number of aromatic amines is 1. The fourth-order valence-electron chi connectivity index (χ4n) is 3.68. The van der Waals surface area contributed by atoms with Gasteiger partial charge in [-0.1, -0.05) is 30.3 Å². The van der Waals surface area contributed by atoms with E-state index in [1.165, 1.54) is 15.5 Å². The summed E-state index contributed by atoms with van der Waals surface area (Å²) in [5.41, 5.74) is 2.78. The minimum absolute atomic E-state index is 0.00187. The van der Waals surface area contributed by atoms with Gasteiger partial charge in [-0.05, 0) is 17.7 Å². The zero-order chi connectivity index (χ0) is 21.8. The number of benzene rings is 1. The minimum atomic E-state index is -4.49. The molecule has 0 atom stereocenters. The molecule has 158 valence electrons. The normalized spacial score (nSPS) is 14.1. The van der Waals surface area contributed by atoms with E-state index in [1.807, 2.05) is 30.3 Å². The van der Waals surface area contributed by atoms with Crippen LogP contribution in [0.3, 0.4) is 0 Å². The Bertz CT molecular complexity index is 1350. The summed E-state index contributed by atoms with van der Waals surface area (Å²) in [5, 5.41) is 3.04. The maximum absolute atomic E-state index is 13.1. The number of thiophene rings is 1. The number of carbonyl (C=O) groups is 1. The predicted octanol–water partition coefficient (Wildman–Crippen LogP) is 3.97. The number of rotatable bonds is 2. The zero-order valence-corrected chi connectivity index (χ0v) is 16.8. The summed E-state index contributed by atoms with van der Waals surface area (Å²) >= 11 is 0.409. The number of amides is 1. The molecule has 4 heterocycles. The van der Waals surface area contributed by atoms with Crippen molar-refractivity contribution < 1.29 is 18.0 Å². The molecule has 0 unspecified atom stereocenters. The first kappa shape index (κ1) is 19.6. The Morgan fingerprint density at radius 3 is 2.61 bits per heavy atom. The van der Waals surface area contributed by atoms with Gasteiger partial charge in [0.05, 0.1) is 28.4 Å². The van der Waals surface area contributed by atoms with Gasteiger partial charge in [0.15, 0.2) is 5.65 Å². The molecule has 6 nitrogen and oxygen atoms in total. The van der Waals surface area contributed by atoms with Gasteiger partial charge in [-0.15, -0.1) is 11.3 Å². The Hall–Kier alpha value is -3.40. The highest BCUT2D eigenvalue weighted by Gasteiger charge is 2.34. The second kappa shape index (κ2) is 7.09. The Morgan fingerprint density at radius 2 is 1.90 bits per heavy atom. The van der Waals surface area contributed by atoms with E-state index >= 15 is 0 Å². The smallest absolute Gasteiger partial charge is 0.333 e. The number of H-pyrrole nitrogens is 1. The lowest BCUT2D eigenvalue weighted by Gasteiger charge is -2.27. The van der Waals surface area contributed by atoms with Crippen LogP contribution in [0.15, 0.2) is 53.3 Å². The van der Waals surface area contributed by atoms with Crippen molar-refractivity contribution in [3.63, 3.8) is 0 Å². The second-order valence-corrected chi connectivity index (χ2v) is 8.29. The topological polar surface area (TPSA) is 70.5 Å². The van der Waals surface area contributed by atoms with Crippen molar-refractivity contribution in [2.24, 2.45) is 0 Å². The highest BCUT2D eigenvalue weighted by molar-refractivity contribution is 7.14. The number of alkyl halides is 3. The second-order valence-electron chi connectivity index (χ2n) is 7.21. The summed E-state index contributed by atoms with van der Waals surface area (Å²) in [4.78, 5) is 31.0. The number of hydrogen-bond acceptors (Lipinski definition) is 4. The van der Waals surface area contributed by atoms with Crippen LogP contribution in [0.4, 0.5) is 13.2 Å². The largest absolute Gasteiger partial charge is 0.425 e. The average Bonchev–Trinajstić information content (AvgIpc) is 3.42. The molecule has 0 saturated heterocycles. The van der Waals surface area contributed by atoms with Gasteiger partial charge in [0, 0.05) is 19.0 Å². The average molecular weight is 444 g/mol. The standard InChI is InChI=1S/C21H15F3N4O2S/c22-21(23,24)17-7-6-16(31-17)20(30)27-9-8-14-13(11-27)19(29)28-18(25-14)10-15(26-28)12-4-2-1-3-5-12/h1-7,10,26H,8-9,11H2. The summed E-state index contributed by atoms with van der Waals surface area (Å²) in [6.07, 6.45) is -4.13. The fourth-order valence-corrected chi connectivity index (χ4v) is 4.52. The molecule has 0 saturated carbocycles. The molecular weight excluding hydrogens is 429 g/mol. The first-order valence-electron chi connectivity index (χ1n) is 9.46. The van der Waals surface area contributed by atoms with Crippen molar-refractivity contribution in [1.29, 1.82) is 0 Å². The maximum Gasteiger partial charge on any atom is 0.425 e. The molecule has 1 N–H and O–H groups in total. The van der Waals surface area contributed by atoms with E-state index in [4.69, 9.17) is 0 Å². The maximum atomic E-state index is 13.1. The number of halogens is 3. The van der Waals surface area contributed by atoms with Gasteiger partial charge < -0.3 is 4.90 Å². The highest BCUT2D eigenvalue weighted by Crippen LogP contribution is 2.35. The van der Waals surface area contributed by atoms with Crippen molar-refractivity contribution in [3.05, 3.63) is 79.9 Å². The minimum Gasteiger partial charge on any atom is -0.333 e. The molecule has 0 fully saturated rings. The Morgan fingerprint density at radius 1 is 1.13 bits per heavy atom. The first-order valence-corrected chi connectivity index (χ1v) is 10.3. The van der Waals surface area contributed by atoms with Crippen molar-refractivity contribution in [1.82, 2.24) is 19.5 Å². The molecule has 0 spiro atoms. The fraction of sp³-hybridized carbons (Fsp3) is 0.190. The molecule has 0 aliphatic carbocycles. The molecular formula is C21H15F3N4O2S. The van der Waals surface area contributed by atoms with Crippen LogP contribution in [0.1, 0.15) is 25.8 Å². The van der Waals surface area contributed by atoms with Crippen LogP contribution in [0, 0.1) is 0 Å². The van der Waals surface area contributed by atoms with Gasteiger partial charge in [-0.25, -0.2) is 9.50 Å². The lowest BCUT2D eigenvalue weighted by molar-refractivity contribution is -0.134. The molecule has 31 heavy (non-hydrogen) atoms. The van der Waals surface area contributed by atoms with Crippen LogP contribution in [-0.2, 0) is 19.1 Å². The first-order chi connectivity index (χ1) is 14.8. The number of nitrogens with one attached hydrogen (secondary N) is 1. The number of nitrogens with zero attached hydrogens (tertiary/aromatic N) is 3. The molecule has 4 aromatic rings. The Labute approximate surface area is 177 Å². The van der Waals surface area contributed by atoms with Crippen molar-refractivity contribution in [3.8, 4) is 11.3 Å². The monoisotopic (exact) mass is 444 g/mol.